The topological polar surface area (TPSA) is 52.6 Å². The molecule has 2 rings (SSSR count). The SMILES string of the molecule is CC(C)(C)OC(=O)CCC(=O)c1ccc(OCc2ccccc2F)cc1. The summed E-state index contributed by atoms with van der Waals surface area (Å²) in [7, 11) is 0. The van der Waals surface area contributed by atoms with Gasteiger partial charge in [0.25, 0.3) is 0 Å². The minimum atomic E-state index is -0.558. The third kappa shape index (κ3) is 6.31. The van der Waals surface area contributed by atoms with Gasteiger partial charge in [0.2, 0.25) is 0 Å². The fraction of sp³-hybridized carbons (Fsp3) is 0.333. The number of carbonyl (C=O) groups is 2. The summed E-state index contributed by atoms with van der Waals surface area (Å²) in [5.74, 6) is -0.314. The molecule has 2 aromatic rings. The Bertz CT molecular complexity index is 760. The summed E-state index contributed by atoms with van der Waals surface area (Å²) in [5, 5.41) is 0. The first-order valence-electron chi connectivity index (χ1n) is 8.46. The molecule has 4 nitrogen and oxygen atoms in total. The highest BCUT2D eigenvalue weighted by atomic mass is 19.1. The van der Waals surface area contributed by atoms with Gasteiger partial charge in [-0.3, -0.25) is 9.59 Å². The second-order valence-corrected chi connectivity index (χ2v) is 6.91. The molecule has 0 spiro atoms. The first-order valence-corrected chi connectivity index (χ1v) is 8.46. The number of hydrogen-bond donors (Lipinski definition) is 0. The van der Waals surface area contributed by atoms with Crippen molar-refractivity contribution in [2.75, 3.05) is 0 Å². The van der Waals surface area contributed by atoms with Crippen molar-refractivity contribution in [2.45, 2.75) is 45.8 Å². The monoisotopic (exact) mass is 358 g/mol. The zero-order chi connectivity index (χ0) is 19.2. The average Bonchev–Trinajstić information content (AvgIpc) is 2.58. The van der Waals surface area contributed by atoms with E-state index in [1.54, 1.807) is 63.2 Å². The molecule has 26 heavy (non-hydrogen) atoms. The number of esters is 1. The van der Waals surface area contributed by atoms with Crippen molar-refractivity contribution in [2.24, 2.45) is 0 Å². The molecule has 0 atom stereocenters. The second kappa shape index (κ2) is 8.61. The molecule has 0 amide bonds. The molecule has 0 aromatic heterocycles. The Kier molecular flexibility index (Phi) is 6.50. The highest BCUT2D eigenvalue weighted by Crippen LogP contribution is 2.17. The average molecular weight is 358 g/mol. The number of benzene rings is 2. The molecule has 0 saturated heterocycles. The standard InChI is InChI=1S/C21H23FO4/c1-21(2,3)26-20(24)13-12-19(23)15-8-10-17(11-9-15)25-14-16-6-4-5-7-18(16)22/h4-11H,12-14H2,1-3H3. The number of ether oxygens (including phenoxy) is 2. The first kappa shape index (κ1) is 19.6. The lowest BCUT2D eigenvalue weighted by Gasteiger charge is -2.19. The van der Waals surface area contributed by atoms with Gasteiger partial charge < -0.3 is 9.47 Å². The zero-order valence-corrected chi connectivity index (χ0v) is 15.3. The Labute approximate surface area is 152 Å². The summed E-state index contributed by atoms with van der Waals surface area (Å²) in [6.07, 6.45) is 0.131. The van der Waals surface area contributed by atoms with Crippen LogP contribution in [0.3, 0.4) is 0 Å². The molecule has 0 bridgehead atoms. The predicted octanol–water partition coefficient (Wildman–Crippen LogP) is 4.71. The van der Waals surface area contributed by atoms with Crippen molar-refractivity contribution in [3.05, 3.63) is 65.5 Å². The van der Waals surface area contributed by atoms with E-state index in [2.05, 4.69) is 0 Å². The normalized spacial score (nSPS) is 11.1. The Morgan fingerprint density at radius 2 is 1.62 bits per heavy atom. The van der Waals surface area contributed by atoms with Crippen LogP contribution in [-0.4, -0.2) is 17.4 Å². The molecule has 0 unspecified atom stereocenters. The van der Waals surface area contributed by atoms with E-state index in [9.17, 15) is 14.0 Å². The fourth-order valence-corrected chi connectivity index (χ4v) is 2.27. The molecule has 5 heteroatoms. The quantitative estimate of drug-likeness (QED) is 0.531. The Balaban J connectivity index is 1.85. The van der Waals surface area contributed by atoms with Crippen LogP contribution in [0.4, 0.5) is 4.39 Å². The maximum absolute atomic E-state index is 13.6. The molecule has 2 aromatic carbocycles. The van der Waals surface area contributed by atoms with Gasteiger partial charge in [0, 0.05) is 17.5 Å². The third-order valence-corrected chi connectivity index (χ3v) is 3.50. The van der Waals surface area contributed by atoms with E-state index >= 15 is 0 Å². The lowest BCUT2D eigenvalue weighted by atomic mass is 10.1. The van der Waals surface area contributed by atoms with Crippen molar-refractivity contribution in [1.82, 2.24) is 0 Å². The van der Waals surface area contributed by atoms with Gasteiger partial charge in [-0.1, -0.05) is 18.2 Å². The third-order valence-electron chi connectivity index (χ3n) is 3.50. The molecule has 0 aliphatic carbocycles. The van der Waals surface area contributed by atoms with Gasteiger partial charge in [0.1, 0.15) is 23.8 Å². The second-order valence-electron chi connectivity index (χ2n) is 6.91. The summed E-state index contributed by atoms with van der Waals surface area (Å²) in [6, 6.07) is 13.0. The summed E-state index contributed by atoms with van der Waals surface area (Å²) >= 11 is 0. The number of hydrogen-bond acceptors (Lipinski definition) is 4. The molecular weight excluding hydrogens is 335 g/mol. The van der Waals surface area contributed by atoms with Crippen molar-refractivity contribution < 1.29 is 23.5 Å². The molecule has 138 valence electrons. The van der Waals surface area contributed by atoms with Crippen LogP contribution in [0.2, 0.25) is 0 Å². The number of carbonyl (C=O) groups excluding carboxylic acids is 2. The lowest BCUT2D eigenvalue weighted by molar-refractivity contribution is -0.154. The van der Waals surface area contributed by atoms with Crippen LogP contribution in [0.5, 0.6) is 5.75 Å². The van der Waals surface area contributed by atoms with Crippen molar-refractivity contribution >= 4 is 11.8 Å². The van der Waals surface area contributed by atoms with Gasteiger partial charge in [0.15, 0.2) is 5.78 Å². The molecule has 0 N–H and O–H groups in total. The summed E-state index contributed by atoms with van der Waals surface area (Å²) in [5.41, 5.74) is 0.397. The van der Waals surface area contributed by atoms with E-state index in [0.29, 0.717) is 16.9 Å². The van der Waals surface area contributed by atoms with Crippen LogP contribution in [-0.2, 0) is 16.1 Å². The number of rotatable bonds is 7. The van der Waals surface area contributed by atoms with Crippen LogP contribution in [0.1, 0.15) is 49.5 Å². The van der Waals surface area contributed by atoms with E-state index in [1.165, 1.54) is 6.07 Å². The number of Topliss-reactive ketones (excluding diaryl/α,β-unsaturated/α-hetero) is 1. The van der Waals surface area contributed by atoms with Gasteiger partial charge in [-0.15, -0.1) is 0 Å². The maximum Gasteiger partial charge on any atom is 0.306 e. The smallest absolute Gasteiger partial charge is 0.306 e. The maximum atomic E-state index is 13.6. The minimum absolute atomic E-state index is 0.0433. The van der Waals surface area contributed by atoms with Crippen LogP contribution >= 0.6 is 0 Å². The number of halogens is 1. The summed E-state index contributed by atoms with van der Waals surface area (Å²) in [4.78, 5) is 23.8. The Morgan fingerprint density at radius 1 is 0.962 bits per heavy atom. The number of ketones is 1. The van der Waals surface area contributed by atoms with Gasteiger partial charge in [-0.05, 0) is 51.1 Å². The van der Waals surface area contributed by atoms with Gasteiger partial charge in [-0.2, -0.15) is 0 Å². The van der Waals surface area contributed by atoms with Crippen LogP contribution < -0.4 is 4.74 Å². The molecule has 0 aliphatic rings. The summed E-state index contributed by atoms with van der Waals surface area (Å²) < 4.78 is 24.3. The van der Waals surface area contributed by atoms with E-state index in [0.717, 1.165) is 0 Å². The largest absolute Gasteiger partial charge is 0.489 e. The molecule has 0 aliphatic heterocycles. The first-order chi connectivity index (χ1) is 12.2. The van der Waals surface area contributed by atoms with Crippen molar-refractivity contribution in [3.63, 3.8) is 0 Å². The van der Waals surface area contributed by atoms with Gasteiger partial charge in [0.05, 0.1) is 6.42 Å². The summed E-state index contributed by atoms with van der Waals surface area (Å²) in [6.45, 7) is 5.46. The lowest BCUT2D eigenvalue weighted by Crippen LogP contribution is -2.24. The molecular formula is C21H23FO4. The predicted molar refractivity (Wildman–Crippen MR) is 96.6 cm³/mol. The molecule has 0 heterocycles. The van der Waals surface area contributed by atoms with E-state index in [4.69, 9.17) is 9.47 Å². The van der Waals surface area contributed by atoms with Crippen LogP contribution in [0, 0.1) is 5.82 Å². The van der Waals surface area contributed by atoms with E-state index < -0.39 is 11.6 Å². The molecule has 0 radical (unpaired) electrons. The Hall–Kier alpha value is -2.69. The molecule has 0 saturated carbocycles. The van der Waals surface area contributed by atoms with Crippen LogP contribution in [0.15, 0.2) is 48.5 Å². The van der Waals surface area contributed by atoms with E-state index in [1.807, 2.05) is 0 Å². The molecule has 0 fully saturated rings. The fourth-order valence-electron chi connectivity index (χ4n) is 2.27. The van der Waals surface area contributed by atoms with E-state index in [-0.39, 0.29) is 31.0 Å². The van der Waals surface area contributed by atoms with Gasteiger partial charge >= 0.3 is 5.97 Å². The highest BCUT2D eigenvalue weighted by molar-refractivity contribution is 5.97. The highest BCUT2D eigenvalue weighted by Gasteiger charge is 2.17. The van der Waals surface area contributed by atoms with Crippen molar-refractivity contribution in [1.29, 1.82) is 0 Å². The minimum Gasteiger partial charge on any atom is -0.489 e. The van der Waals surface area contributed by atoms with Crippen LogP contribution in [0.25, 0.3) is 0 Å². The zero-order valence-electron chi connectivity index (χ0n) is 15.3. The van der Waals surface area contributed by atoms with Crippen molar-refractivity contribution in [3.8, 4) is 5.75 Å². The Morgan fingerprint density at radius 3 is 2.23 bits per heavy atom. The van der Waals surface area contributed by atoms with Gasteiger partial charge in [-0.25, -0.2) is 4.39 Å².